The van der Waals surface area contributed by atoms with Crippen LogP contribution in [-0.4, -0.2) is 15.0 Å². The first-order valence-corrected chi connectivity index (χ1v) is 10.5. The zero-order valence-electron chi connectivity index (χ0n) is 17.0. The van der Waals surface area contributed by atoms with E-state index in [2.05, 4.69) is 5.32 Å². The van der Waals surface area contributed by atoms with Crippen LogP contribution in [-0.2, 0) is 17.9 Å². The highest BCUT2D eigenvalue weighted by molar-refractivity contribution is 7.17. The lowest BCUT2D eigenvalue weighted by atomic mass is 10.1. The van der Waals surface area contributed by atoms with E-state index in [1.54, 1.807) is 23.6 Å². The molecule has 0 aliphatic rings. The molecule has 2 aromatic heterocycles. The number of carbonyl (C=O) groups excluding carboxylic acids is 1. The van der Waals surface area contributed by atoms with E-state index in [1.807, 2.05) is 32.0 Å². The fraction of sp³-hybridized carbons (Fsp3) is 0.174. The van der Waals surface area contributed by atoms with Crippen LogP contribution in [0.2, 0.25) is 0 Å². The van der Waals surface area contributed by atoms with Gasteiger partial charge in [0, 0.05) is 11.3 Å². The number of benzene rings is 2. The topological polar surface area (TPSA) is 73.1 Å². The number of hydrogen-bond donors (Lipinski definition) is 1. The lowest BCUT2D eigenvalue weighted by molar-refractivity contribution is -0.116. The number of fused-ring (bicyclic) bond motifs is 1. The van der Waals surface area contributed by atoms with Crippen molar-refractivity contribution >= 4 is 33.1 Å². The number of hydrogen-bond acceptors (Lipinski definition) is 4. The van der Waals surface area contributed by atoms with Gasteiger partial charge in [-0.1, -0.05) is 35.9 Å². The van der Waals surface area contributed by atoms with E-state index >= 15 is 0 Å². The van der Waals surface area contributed by atoms with E-state index in [-0.39, 0.29) is 18.7 Å². The smallest absolute Gasteiger partial charge is 0.324 e. The van der Waals surface area contributed by atoms with E-state index in [1.165, 1.54) is 28.0 Å². The molecule has 0 bridgehead atoms. The van der Waals surface area contributed by atoms with Gasteiger partial charge in [0.2, 0.25) is 5.91 Å². The molecule has 2 heterocycles. The summed E-state index contributed by atoms with van der Waals surface area (Å²) in [5.41, 5.74) is 2.10. The summed E-state index contributed by atoms with van der Waals surface area (Å²) in [4.78, 5) is 38.7. The molecule has 1 N–H and O–H groups in total. The summed E-state index contributed by atoms with van der Waals surface area (Å²) in [5.74, 6) is -0.892. The third-order valence-corrected chi connectivity index (χ3v) is 5.97. The van der Waals surface area contributed by atoms with Gasteiger partial charge in [-0.15, -0.1) is 11.3 Å². The Morgan fingerprint density at radius 3 is 2.58 bits per heavy atom. The van der Waals surface area contributed by atoms with Crippen molar-refractivity contribution < 1.29 is 9.18 Å². The number of aromatic nitrogens is 2. The van der Waals surface area contributed by atoms with Gasteiger partial charge in [0.25, 0.3) is 5.56 Å². The second-order valence-electron chi connectivity index (χ2n) is 7.35. The largest absolute Gasteiger partial charge is 0.332 e. The number of thiophene rings is 1. The van der Waals surface area contributed by atoms with Crippen molar-refractivity contribution in [3.63, 3.8) is 0 Å². The Morgan fingerprint density at radius 1 is 1.06 bits per heavy atom. The van der Waals surface area contributed by atoms with Crippen LogP contribution in [0.4, 0.5) is 10.1 Å². The number of anilines is 1. The van der Waals surface area contributed by atoms with Crippen molar-refractivity contribution in [3.8, 4) is 0 Å². The lowest BCUT2D eigenvalue weighted by Gasteiger charge is -2.14. The summed E-state index contributed by atoms with van der Waals surface area (Å²) in [6, 6.07) is 13.3. The predicted octanol–water partition coefficient (Wildman–Crippen LogP) is 3.67. The van der Waals surface area contributed by atoms with Crippen molar-refractivity contribution in [1.29, 1.82) is 0 Å². The van der Waals surface area contributed by atoms with Crippen LogP contribution >= 0.6 is 11.3 Å². The molecule has 4 aromatic rings. The molecule has 0 saturated carbocycles. The van der Waals surface area contributed by atoms with E-state index in [4.69, 9.17) is 0 Å². The molecule has 31 heavy (non-hydrogen) atoms. The number of rotatable bonds is 5. The highest BCUT2D eigenvalue weighted by Gasteiger charge is 2.18. The Morgan fingerprint density at radius 2 is 1.84 bits per heavy atom. The molecule has 0 spiro atoms. The summed E-state index contributed by atoms with van der Waals surface area (Å²) < 4.78 is 16.7. The van der Waals surface area contributed by atoms with Gasteiger partial charge in [0.1, 0.15) is 17.1 Å². The summed E-state index contributed by atoms with van der Waals surface area (Å²) >= 11 is 1.18. The second-order valence-corrected chi connectivity index (χ2v) is 8.27. The number of amides is 1. The van der Waals surface area contributed by atoms with E-state index in [0.29, 0.717) is 15.9 Å². The van der Waals surface area contributed by atoms with Crippen molar-refractivity contribution in [2.45, 2.75) is 26.9 Å². The number of aryl methyl sites for hydroxylation is 2. The SMILES string of the molecule is Cc1ccc(NC(=O)Cn2c(=O)n(Cc3ccccc3F)c(=O)c3sccc32)c(C)c1. The van der Waals surface area contributed by atoms with Gasteiger partial charge < -0.3 is 5.32 Å². The van der Waals surface area contributed by atoms with Crippen LogP contribution in [0.5, 0.6) is 0 Å². The number of nitrogens with one attached hydrogen (secondary N) is 1. The molecule has 0 fully saturated rings. The number of carbonyl (C=O) groups is 1. The van der Waals surface area contributed by atoms with Crippen LogP contribution in [0.1, 0.15) is 16.7 Å². The van der Waals surface area contributed by atoms with E-state index < -0.39 is 23.0 Å². The molecule has 8 heteroatoms. The van der Waals surface area contributed by atoms with Gasteiger partial charge in [0.05, 0.1) is 12.1 Å². The zero-order chi connectivity index (χ0) is 22.1. The molecule has 158 valence electrons. The highest BCUT2D eigenvalue weighted by Crippen LogP contribution is 2.18. The predicted molar refractivity (Wildman–Crippen MR) is 120 cm³/mol. The first-order chi connectivity index (χ1) is 14.8. The summed E-state index contributed by atoms with van der Waals surface area (Å²) in [7, 11) is 0. The Kier molecular flexibility index (Phi) is 5.56. The minimum Gasteiger partial charge on any atom is -0.324 e. The van der Waals surface area contributed by atoms with Gasteiger partial charge in [0.15, 0.2) is 0 Å². The molecule has 0 saturated heterocycles. The first kappa shape index (κ1) is 20.7. The van der Waals surface area contributed by atoms with E-state index in [0.717, 1.165) is 15.7 Å². The molecule has 0 radical (unpaired) electrons. The maximum atomic E-state index is 14.1. The Hall–Kier alpha value is -3.52. The molecule has 0 aliphatic carbocycles. The normalized spacial score (nSPS) is 11.1. The summed E-state index contributed by atoms with van der Waals surface area (Å²) in [5, 5.41) is 4.51. The molecule has 0 aliphatic heterocycles. The Labute approximate surface area is 181 Å². The maximum Gasteiger partial charge on any atom is 0.332 e. The van der Waals surface area contributed by atoms with Gasteiger partial charge >= 0.3 is 5.69 Å². The minimum atomic E-state index is -0.657. The van der Waals surface area contributed by atoms with Crippen molar-refractivity contribution in [1.82, 2.24) is 9.13 Å². The molecule has 4 rings (SSSR count). The van der Waals surface area contributed by atoms with Crippen molar-refractivity contribution in [2.24, 2.45) is 0 Å². The van der Waals surface area contributed by atoms with Crippen LogP contribution in [0, 0.1) is 19.7 Å². The summed E-state index contributed by atoms with van der Waals surface area (Å²) in [6.07, 6.45) is 0. The fourth-order valence-corrected chi connectivity index (χ4v) is 4.35. The average Bonchev–Trinajstić information content (AvgIpc) is 3.22. The van der Waals surface area contributed by atoms with Crippen LogP contribution in [0.25, 0.3) is 10.2 Å². The molecule has 1 amide bonds. The van der Waals surface area contributed by atoms with Gasteiger partial charge in [-0.3, -0.25) is 18.7 Å². The third-order valence-electron chi connectivity index (χ3n) is 5.08. The van der Waals surface area contributed by atoms with Crippen molar-refractivity contribution in [3.05, 3.63) is 97.3 Å². The second kappa shape index (κ2) is 8.31. The number of nitrogens with zero attached hydrogens (tertiary/aromatic N) is 2. The number of halogens is 1. The third kappa shape index (κ3) is 4.06. The molecular weight excluding hydrogens is 417 g/mol. The molecule has 6 nitrogen and oxygen atoms in total. The minimum absolute atomic E-state index is 0.211. The van der Waals surface area contributed by atoms with Crippen molar-refractivity contribution in [2.75, 3.05) is 5.32 Å². The molecule has 0 unspecified atom stereocenters. The van der Waals surface area contributed by atoms with Gasteiger partial charge in [-0.2, -0.15) is 0 Å². The Bertz CT molecular complexity index is 1420. The standard InChI is InChI=1S/C23H20FN3O3S/c1-14-7-8-18(15(2)11-14)25-20(28)13-26-19-9-10-31-21(19)22(29)27(23(26)30)12-16-5-3-4-6-17(16)24/h3-11H,12-13H2,1-2H3,(H,25,28). The van der Waals surface area contributed by atoms with Gasteiger partial charge in [-0.05, 0) is 43.0 Å². The highest BCUT2D eigenvalue weighted by atomic mass is 32.1. The summed E-state index contributed by atoms with van der Waals surface area (Å²) in [6.45, 7) is 3.37. The molecule has 0 atom stereocenters. The average molecular weight is 437 g/mol. The molecule has 2 aromatic carbocycles. The molecular formula is C23H20FN3O3S. The van der Waals surface area contributed by atoms with Crippen LogP contribution in [0.3, 0.4) is 0 Å². The van der Waals surface area contributed by atoms with Gasteiger partial charge in [-0.25, -0.2) is 9.18 Å². The lowest BCUT2D eigenvalue weighted by Crippen LogP contribution is -2.41. The fourth-order valence-electron chi connectivity index (χ4n) is 3.51. The monoisotopic (exact) mass is 437 g/mol. The van der Waals surface area contributed by atoms with Crippen LogP contribution < -0.4 is 16.6 Å². The maximum absolute atomic E-state index is 14.1. The Balaban J connectivity index is 1.73. The zero-order valence-corrected chi connectivity index (χ0v) is 17.8. The van der Waals surface area contributed by atoms with Crippen LogP contribution in [0.15, 0.2) is 63.5 Å². The quantitative estimate of drug-likeness (QED) is 0.518. The van der Waals surface area contributed by atoms with E-state index in [9.17, 15) is 18.8 Å². The first-order valence-electron chi connectivity index (χ1n) is 9.66.